The van der Waals surface area contributed by atoms with Crippen LogP contribution in [0.5, 0.6) is 5.75 Å². The number of carbonyl (C=O) groups excluding carboxylic acids is 1. The molecule has 0 spiro atoms. The molecule has 2 rings (SSSR count). The lowest BCUT2D eigenvalue weighted by atomic mass is 10.1. The number of rotatable bonds is 4. The third kappa shape index (κ3) is 5.33. The molecular formula is C15H10Cl2F3NO2. The minimum Gasteiger partial charge on any atom is -0.404 e. The highest BCUT2D eigenvalue weighted by molar-refractivity contribution is 6.42. The van der Waals surface area contributed by atoms with Crippen LogP contribution in [0.1, 0.15) is 5.56 Å². The molecule has 23 heavy (non-hydrogen) atoms. The predicted octanol–water partition coefficient (Wildman–Crippen LogP) is 5.07. The van der Waals surface area contributed by atoms with Gasteiger partial charge < -0.3 is 10.1 Å². The number of ether oxygens (including phenoxy) is 1. The molecule has 1 amide bonds. The second-order valence-electron chi connectivity index (χ2n) is 4.52. The van der Waals surface area contributed by atoms with Gasteiger partial charge in [-0.15, -0.1) is 13.2 Å². The minimum atomic E-state index is -4.84. The number of hydrogen-bond acceptors (Lipinski definition) is 2. The van der Waals surface area contributed by atoms with Gasteiger partial charge in [-0.1, -0.05) is 41.4 Å². The molecular weight excluding hydrogens is 354 g/mol. The lowest BCUT2D eigenvalue weighted by Crippen LogP contribution is -2.20. The van der Waals surface area contributed by atoms with Crippen molar-refractivity contribution in [2.24, 2.45) is 0 Å². The highest BCUT2D eigenvalue weighted by Gasteiger charge is 2.32. The first kappa shape index (κ1) is 17.4. The average molecular weight is 364 g/mol. The Morgan fingerprint density at radius 1 is 1.09 bits per heavy atom. The van der Waals surface area contributed by atoms with Crippen LogP contribution in [0.2, 0.25) is 10.0 Å². The molecule has 0 radical (unpaired) electrons. The molecule has 0 saturated heterocycles. The van der Waals surface area contributed by atoms with Crippen molar-refractivity contribution in [1.29, 1.82) is 0 Å². The first-order valence-corrected chi connectivity index (χ1v) is 7.09. The fourth-order valence-corrected chi connectivity index (χ4v) is 2.13. The smallest absolute Gasteiger partial charge is 0.404 e. The number of carbonyl (C=O) groups is 1. The van der Waals surface area contributed by atoms with Crippen LogP contribution >= 0.6 is 23.2 Å². The Morgan fingerprint density at radius 2 is 1.78 bits per heavy atom. The molecule has 0 bridgehead atoms. The number of anilines is 1. The maximum Gasteiger partial charge on any atom is 0.573 e. The van der Waals surface area contributed by atoms with E-state index in [2.05, 4.69) is 10.1 Å². The quantitative estimate of drug-likeness (QED) is 0.822. The molecule has 3 nitrogen and oxygen atoms in total. The molecule has 0 atom stereocenters. The summed E-state index contributed by atoms with van der Waals surface area (Å²) in [5, 5.41) is 3.01. The van der Waals surface area contributed by atoms with Gasteiger partial charge in [0.15, 0.2) is 5.75 Å². The van der Waals surface area contributed by atoms with E-state index in [1.54, 1.807) is 6.07 Å². The van der Waals surface area contributed by atoms with Crippen molar-refractivity contribution in [3.63, 3.8) is 0 Å². The fraction of sp³-hybridized carbons (Fsp3) is 0.133. The second-order valence-corrected chi connectivity index (χ2v) is 5.33. The number of halogens is 5. The van der Waals surface area contributed by atoms with Crippen molar-refractivity contribution < 1.29 is 22.7 Å². The van der Waals surface area contributed by atoms with Crippen LogP contribution in [-0.4, -0.2) is 12.3 Å². The van der Waals surface area contributed by atoms with Crippen LogP contribution in [0.4, 0.5) is 18.9 Å². The van der Waals surface area contributed by atoms with Gasteiger partial charge in [-0.05, 0) is 29.8 Å². The predicted molar refractivity (Wildman–Crippen MR) is 81.9 cm³/mol. The first-order valence-electron chi connectivity index (χ1n) is 6.33. The van der Waals surface area contributed by atoms with Gasteiger partial charge in [0.1, 0.15) is 0 Å². The van der Waals surface area contributed by atoms with E-state index in [-0.39, 0.29) is 17.1 Å². The van der Waals surface area contributed by atoms with Crippen LogP contribution in [0.3, 0.4) is 0 Å². The van der Waals surface area contributed by atoms with E-state index in [4.69, 9.17) is 23.2 Å². The Morgan fingerprint density at radius 3 is 2.43 bits per heavy atom. The number of nitrogens with one attached hydrogen (secondary N) is 1. The fourth-order valence-electron chi connectivity index (χ4n) is 1.81. The monoisotopic (exact) mass is 363 g/mol. The third-order valence-electron chi connectivity index (χ3n) is 2.74. The lowest BCUT2D eigenvalue weighted by molar-refractivity contribution is -0.274. The maximum absolute atomic E-state index is 12.3. The highest BCUT2D eigenvalue weighted by Crippen LogP contribution is 2.30. The van der Waals surface area contributed by atoms with E-state index in [1.165, 1.54) is 30.3 Å². The van der Waals surface area contributed by atoms with Crippen molar-refractivity contribution in [2.75, 3.05) is 5.32 Å². The lowest BCUT2D eigenvalue weighted by Gasteiger charge is -2.14. The second kappa shape index (κ2) is 7.10. The normalized spacial score (nSPS) is 11.2. The number of benzene rings is 2. The molecule has 0 heterocycles. The molecule has 2 aromatic carbocycles. The van der Waals surface area contributed by atoms with E-state index in [9.17, 15) is 18.0 Å². The van der Waals surface area contributed by atoms with E-state index in [1.807, 2.05) is 0 Å². The van der Waals surface area contributed by atoms with Gasteiger partial charge in [0, 0.05) is 0 Å². The van der Waals surface area contributed by atoms with Crippen molar-refractivity contribution >= 4 is 34.8 Å². The Hall–Kier alpha value is -1.92. The van der Waals surface area contributed by atoms with Crippen molar-refractivity contribution in [3.8, 4) is 5.75 Å². The Kier molecular flexibility index (Phi) is 5.38. The summed E-state index contributed by atoms with van der Waals surface area (Å²) in [6.45, 7) is 0. The van der Waals surface area contributed by atoms with E-state index >= 15 is 0 Å². The van der Waals surface area contributed by atoms with E-state index in [0.29, 0.717) is 10.6 Å². The van der Waals surface area contributed by atoms with Crippen molar-refractivity contribution in [3.05, 3.63) is 58.1 Å². The Bertz CT molecular complexity index is 720. The molecule has 0 aliphatic heterocycles. The van der Waals surface area contributed by atoms with Crippen LogP contribution in [-0.2, 0) is 11.2 Å². The van der Waals surface area contributed by atoms with Crippen LogP contribution in [0, 0.1) is 0 Å². The summed E-state index contributed by atoms with van der Waals surface area (Å²) in [4.78, 5) is 12.0. The number of hydrogen-bond donors (Lipinski definition) is 1. The topological polar surface area (TPSA) is 38.3 Å². The van der Waals surface area contributed by atoms with Gasteiger partial charge in [-0.2, -0.15) is 0 Å². The summed E-state index contributed by atoms with van der Waals surface area (Å²) in [5.74, 6) is -0.996. The van der Waals surface area contributed by atoms with Crippen molar-refractivity contribution in [2.45, 2.75) is 12.8 Å². The minimum absolute atomic E-state index is 0.0722. The molecule has 8 heteroatoms. The van der Waals surface area contributed by atoms with Gasteiger partial charge in [-0.3, -0.25) is 4.79 Å². The summed E-state index contributed by atoms with van der Waals surface area (Å²) in [5.41, 5.74) is 0.501. The molecule has 122 valence electrons. The first-order chi connectivity index (χ1) is 10.7. The van der Waals surface area contributed by atoms with Crippen molar-refractivity contribution in [1.82, 2.24) is 0 Å². The van der Waals surface area contributed by atoms with Crippen LogP contribution in [0.25, 0.3) is 0 Å². The molecule has 0 unspecified atom stereocenters. The zero-order valence-electron chi connectivity index (χ0n) is 11.5. The highest BCUT2D eigenvalue weighted by atomic mass is 35.5. The summed E-state index contributed by atoms with van der Waals surface area (Å²) in [7, 11) is 0. The van der Waals surface area contributed by atoms with E-state index in [0.717, 1.165) is 6.07 Å². The Balaban J connectivity index is 2.09. The number of alkyl halides is 3. The van der Waals surface area contributed by atoms with Gasteiger partial charge in [0.25, 0.3) is 0 Å². The van der Waals surface area contributed by atoms with E-state index < -0.39 is 18.0 Å². The standard InChI is InChI=1S/C15H10Cl2F3NO2/c16-10-6-5-9(7-11(10)17)8-14(22)21-12-3-1-2-4-13(12)23-15(18,19)20/h1-7H,8H2,(H,21,22). The SMILES string of the molecule is O=C(Cc1ccc(Cl)c(Cl)c1)Nc1ccccc1OC(F)(F)F. The largest absolute Gasteiger partial charge is 0.573 e. The maximum atomic E-state index is 12.3. The van der Waals surface area contributed by atoms with Gasteiger partial charge >= 0.3 is 6.36 Å². The third-order valence-corrected chi connectivity index (χ3v) is 3.47. The van der Waals surface area contributed by atoms with Gasteiger partial charge in [0.05, 0.1) is 22.2 Å². The molecule has 2 aromatic rings. The Labute approximate surface area is 140 Å². The summed E-state index contributed by atoms with van der Waals surface area (Å²) >= 11 is 11.6. The average Bonchev–Trinajstić information content (AvgIpc) is 2.43. The number of para-hydroxylation sites is 2. The van der Waals surface area contributed by atoms with Crippen LogP contribution in [0.15, 0.2) is 42.5 Å². The molecule has 0 aliphatic rings. The molecule has 0 saturated carbocycles. The molecule has 0 aromatic heterocycles. The molecule has 0 aliphatic carbocycles. The van der Waals surface area contributed by atoms with Gasteiger partial charge in [-0.25, -0.2) is 0 Å². The zero-order chi connectivity index (χ0) is 17.0. The molecule has 1 N–H and O–H groups in total. The summed E-state index contributed by atoms with van der Waals surface area (Å²) in [6, 6.07) is 9.94. The van der Waals surface area contributed by atoms with Gasteiger partial charge in [0.2, 0.25) is 5.91 Å². The van der Waals surface area contributed by atoms with Crippen LogP contribution < -0.4 is 10.1 Å². The summed E-state index contributed by atoms with van der Waals surface area (Å²) in [6.07, 6.45) is -4.91. The summed E-state index contributed by atoms with van der Waals surface area (Å²) < 4.78 is 40.8. The zero-order valence-corrected chi connectivity index (χ0v) is 13.0. The molecule has 0 fully saturated rings. The number of amides is 1.